The molecule has 5 nitrogen and oxygen atoms in total. The van der Waals surface area contributed by atoms with Crippen LogP contribution in [0.3, 0.4) is 0 Å². The maximum Gasteiger partial charge on any atom is 0.265 e. The topological polar surface area (TPSA) is 74.1 Å². The number of halogens is 1. The first-order valence-electron chi connectivity index (χ1n) is 5.98. The molecule has 21 heavy (non-hydrogen) atoms. The lowest BCUT2D eigenvalue weighted by atomic mass is 10.2. The molecule has 1 heterocycles. The van der Waals surface area contributed by atoms with Gasteiger partial charge in [0.15, 0.2) is 0 Å². The molecule has 1 aromatic heterocycles. The Balaban J connectivity index is 2.50. The Bertz CT molecular complexity index is 828. The van der Waals surface area contributed by atoms with Crippen molar-refractivity contribution in [3.05, 3.63) is 52.1 Å². The Kier molecular flexibility index (Phi) is 4.30. The molecule has 0 aliphatic carbocycles. The summed E-state index contributed by atoms with van der Waals surface area (Å²) in [7, 11) is -2.28. The number of anilines is 1. The molecule has 0 spiro atoms. The van der Waals surface area contributed by atoms with E-state index in [0.717, 1.165) is 4.31 Å². The summed E-state index contributed by atoms with van der Waals surface area (Å²) in [5.41, 5.74) is 0.950. The van der Waals surface area contributed by atoms with Gasteiger partial charge in [-0.1, -0.05) is 6.07 Å². The number of hydrogen-bond donors (Lipinski definition) is 0. The van der Waals surface area contributed by atoms with E-state index in [4.69, 9.17) is 5.26 Å². The molecule has 0 unspecified atom stereocenters. The Labute approximate surface area is 132 Å². The molecule has 0 aliphatic heterocycles. The van der Waals surface area contributed by atoms with Gasteiger partial charge in [0.1, 0.15) is 10.4 Å². The van der Waals surface area contributed by atoms with Crippen LogP contribution in [0.1, 0.15) is 11.1 Å². The number of sulfonamides is 1. The quantitative estimate of drug-likeness (QED) is 0.783. The molecule has 7 heteroatoms. The molecule has 2 aromatic rings. The van der Waals surface area contributed by atoms with Crippen molar-refractivity contribution in [1.29, 1.82) is 5.26 Å². The van der Waals surface area contributed by atoms with Gasteiger partial charge in [0, 0.05) is 7.05 Å². The summed E-state index contributed by atoms with van der Waals surface area (Å²) >= 11 is 3.22. The summed E-state index contributed by atoms with van der Waals surface area (Å²) in [5.74, 6) is 0.313. The van der Waals surface area contributed by atoms with E-state index in [1.807, 2.05) is 6.07 Å². The maximum atomic E-state index is 12.7. The van der Waals surface area contributed by atoms with Crippen LogP contribution in [0.2, 0.25) is 0 Å². The highest BCUT2D eigenvalue weighted by Gasteiger charge is 2.24. The van der Waals surface area contributed by atoms with Gasteiger partial charge in [-0.3, -0.25) is 4.31 Å². The highest BCUT2D eigenvalue weighted by atomic mass is 79.9. The number of hydrogen-bond acceptors (Lipinski definition) is 4. The summed E-state index contributed by atoms with van der Waals surface area (Å²) in [5, 5.41) is 8.85. The summed E-state index contributed by atoms with van der Waals surface area (Å²) in [4.78, 5) is 4.30. The Morgan fingerprint density at radius 1 is 1.29 bits per heavy atom. The van der Waals surface area contributed by atoms with Crippen molar-refractivity contribution in [3.63, 3.8) is 0 Å². The van der Waals surface area contributed by atoms with Crippen LogP contribution < -0.4 is 4.31 Å². The van der Waals surface area contributed by atoms with Crippen molar-refractivity contribution < 1.29 is 8.42 Å². The van der Waals surface area contributed by atoms with Gasteiger partial charge in [-0.2, -0.15) is 5.26 Å². The molecular weight excluding hydrogens is 354 g/mol. The van der Waals surface area contributed by atoms with E-state index in [1.54, 1.807) is 31.2 Å². The van der Waals surface area contributed by atoms with E-state index < -0.39 is 10.0 Å². The number of nitriles is 1. The van der Waals surface area contributed by atoms with E-state index in [2.05, 4.69) is 20.9 Å². The summed E-state index contributed by atoms with van der Waals surface area (Å²) < 4.78 is 27.0. The van der Waals surface area contributed by atoms with Crippen LogP contribution in [0, 0.1) is 18.3 Å². The summed E-state index contributed by atoms with van der Waals surface area (Å²) in [6.07, 6.45) is 0. The van der Waals surface area contributed by atoms with Crippen molar-refractivity contribution in [2.24, 2.45) is 0 Å². The molecule has 0 aliphatic rings. The van der Waals surface area contributed by atoms with Crippen molar-refractivity contribution in [1.82, 2.24) is 4.98 Å². The van der Waals surface area contributed by atoms with Crippen LogP contribution in [0.4, 0.5) is 5.82 Å². The smallest absolute Gasteiger partial charge is 0.253 e. The zero-order chi connectivity index (χ0) is 15.6. The second-order valence-electron chi connectivity index (χ2n) is 4.38. The van der Waals surface area contributed by atoms with Crippen molar-refractivity contribution in [2.45, 2.75) is 11.8 Å². The first-order valence-corrected chi connectivity index (χ1v) is 8.22. The lowest BCUT2D eigenvalue weighted by molar-refractivity contribution is 0.593. The molecule has 1 aromatic carbocycles. The predicted molar refractivity (Wildman–Crippen MR) is 83.4 cm³/mol. The third-order valence-electron chi connectivity index (χ3n) is 2.97. The first kappa shape index (κ1) is 15.5. The predicted octanol–water partition coefficient (Wildman–Crippen LogP) is 2.85. The van der Waals surface area contributed by atoms with Crippen LogP contribution >= 0.6 is 15.9 Å². The van der Waals surface area contributed by atoms with Crippen LogP contribution in [-0.4, -0.2) is 20.4 Å². The number of pyridine rings is 1. The minimum atomic E-state index is -3.72. The highest BCUT2D eigenvalue weighted by Crippen LogP contribution is 2.24. The third-order valence-corrected chi connectivity index (χ3v) is 5.33. The Morgan fingerprint density at radius 3 is 2.57 bits per heavy atom. The van der Waals surface area contributed by atoms with Crippen LogP contribution in [-0.2, 0) is 10.0 Å². The number of aryl methyl sites for hydroxylation is 1. The number of benzene rings is 1. The average molecular weight is 366 g/mol. The molecule has 0 radical (unpaired) electrons. The van der Waals surface area contributed by atoms with E-state index in [-0.39, 0.29) is 4.90 Å². The van der Waals surface area contributed by atoms with Crippen molar-refractivity contribution in [2.75, 3.05) is 11.4 Å². The molecule has 0 N–H and O–H groups in total. The van der Waals surface area contributed by atoms with E-state index >= 15 is 0 Å². The van der Waals surface area contributed by atoms with Gasteiger partial charge in [-0.15, -0.1) is 0 Å². The molecule has 0 fully saturated rings. The van der Waals surface area contributed by atoms with Crippen molar-refractivity contribution in [3.8, 4) is 6.07 Å². The average Bonchev–Trinajstić information content (AvgIpc) is 2.45. The molecule has 0 amide bonds. The normalized spacial score (nSPS) is 11.0. The molecule has 2 rings (SSSR count). The minimum Gasteiger partial charge on any atom is -0.253 e. The highest BCUT2D eigenvalue weighted by molar-refractivity contribution is 9.10. The fraction of sp³-hybridized carbons (Fsp3) is 0.143. The summed E-state index contributed by atoms with van der Waals surface area (Å²) in [6.45, 7) is 1.66. The van der Waals surface area contributed by atoms with Gasteiger partial charge in [0.25, 0.3) is 10.0 Å². The molecule has 0 saturated carbocycles. The van der Waals surface area contributed by atoms with Gasteiger partial charge in [0.2, 0.25) is 0 Å². The molecule has 0 bridgehead atoms. The van der Waals surface area contributed by atoms with Crippen LogP contribution in [0.5, 0.6) is 0 Å². The van der Waals surface area contributed by atoms with Gasteiger partial charge in [-0.25, -0.2) is 13.4 Å². The third kappa shape index (κ3) is 3.06. The Morgan fingerprint density at radius 2 is 2.00 bits per heavy atom. The SMILES string of the molecule is Cc1cc(C#N)ccc1S(=O)(=O)N(C)c1cccc(Br)n1. The van der Waals surface area contributed by atoms with Gasteiger partial charge in [0.05, 0.1) is 16.5 Å². The Hall–Kier alpha value is -1.91. The number of rotatable bonds is 3. The molecule has 0 saturated heterocycles. The lowest BCUT2D eigenvalue weighted by Gasteiger charge is -2.19. The van der Waals surface area contributed by atoms with E-state index in [0.29, 0.717) is 21.5 Å². The summed E-state index contributed by atoms with van der Waals surface area (Å²) in [6, 6.07) is 11.5. The monoisotopic (exact) mass is 365 g/mol. The van der Waals surface area contributed by atoms with E-state index in [1.165, 1.54) is 19.2 Å². The maximum absolute atomic E-state index is 12.7. The van der Waals surface area contributed by atoms with Gasteiger partial charge < -0.3 is 0 Å². The zero-order valence-corrected chi connectivity index (χ0v) is 13.8. The fourth-order valence-corrected chi connectivity index (χ4v) is 3.54. The lowest BCUT2D eigenvalue weighted by Crippen LogP contribution is -2.28. The second kappa shape index (κ2) is 5.84. The fourth-order valence-electron chi connectivity index (χ4n) is 1.85. The number of nitrogens with zero attached hydrogens (tertiary/aromatic N) is 3. The largest absolute Gasteiger partial charge is 0.265 e. The van der Waals surface area contributed by atoms with Gasteiger partial charge in [-0.05, 0) is 58.7 Å². The molecule has 108 valence electrons. The minimum absolute atomic E-state index is 0.158. The van der Waals surface area contributed by atoms with E-state index in [9.17, 15) is 8.42 Å². The standard InChI is InChI=1S/C14H12BrN3O2S/c1-10-8-11(9-16)6-7-12(10)21(19,20)18(2)14-5-3-4-13(15)17-14/h3-8H,1-2H3. The number of aromatic nitrogens is 1. The first-order chi connectivity index (χ1) is 9.86. The zero-order valence-electron chi connectivity index (χ0n) is 11.4. The molecule has 0 atom stereocenters. The van der Waals surface area contributed by atoms with Crippen LogP contribution in [0.25, 0.3) is 0 Å². The van der Waals surface area contributed by atoms with Gasteiger partial charge >= 0.3 is 0 Å². The second-order valence-corrected chi connectivity index (χ2v) is 7.13. The van der Waals surface area contributed by atoms with Crippen LogP contribution in [0.15, 0.2) is 45.9 Å². The molecular formula is C14H12BrN3O2S. The van der Waals surface area contributed by atoms with Crippen molar-refractivity contribution >= 4 is 31.8 Å².